The van der Waals surface area contributed by atoms with Crippen LogP contribution in [-0.4, -0.2) is 35.6 Å². The third kappa shape index (κ3) is 3.23. The zero-order valence-electron chi connectivity index (χ0n) is 10.2. The predicted octanol–water partition coefficient (Wildman–Crippen LogP) is 1.94. The molecule has 1 saturated carbocycles. The van der Waals surface area contributed by atoms with E-state index >= 15 is 0 Å². The molecule has 0 spiro atoms. The Morgan fingerprint density at radius 1 is 1.56 bits per heavy atom. The lowest BCUT2D eigenvalue weighted by Crippen LogP contribution is -2.33. The number of aliphatic hydroxyl groups is 1. The number of hydrogen-bond acceptors (Lipinski definition) is 3. The van der Waals surface area contributed by atoms with E-state index in [1.165, 1.54) is 0 Å². The van der Waals surface area contributed by atoms with E-state index in [2.05, 4.69) is 15.9 Å². The highest BCUT2D eigenvalue weighted by molar-refractivity contribution is 9.10. The monoisotopic (exact) mass is 313 g/mol. The van der Waals surface area contributed by atoms with Crippen LogP contribution in [0.4, 0.5) is 0 Å². The Bertz CT molecular complexity index is 446. The van der Waals surface area contributed by atoms with E-state index in [9.17, 15) is 4.79 Å². The van der Waals surface area contributed by atoms with Gasteiger partial charge in [-0.25, -0.2) is 0 Å². The lowest BCUT2D eigenvalue weighted by atomic mass is 10.2. The SMILES string of the molecule is CN(C(=O)COc1ccc(CO)cc1Br)C1CC1. The summed E-state index contributed by atoms with van der Waals surface area (Å²) < 4.78 is 6.22. The Hall–Kier alpha value is -1.07. The first-order chi connectivity index (χ1) is 8.61. The van der Waals surface area contributed by atoms with Crippen LogP contribution in [-0.2, 0) is 11.4 Å². The molecule has 1 fully saturated rings. The number of ether oxygens (including phenoxy) is 1. The Kier molecular flexibility index (Phi) is 4.24. The fourth-order valence-electron chi connectivity index (χ4n) is 1.67. The van der Waals surface area contributed by atoms with Gasteiger partial charge in [0, 0.05) is 13.1 Å². The van der Waals surface area contributed by atoms with Gasteiger partial charge >= 0.3 is 0 Å². The number of likely N-dealkylation sites (N-methyl/N-ethyl adjacent to an activating group) is 1. The van der Waals surface area contributed by atoms with Crippen molar-refractivity contribution in [3.63, 3.8) is 0 Å². The first-order valence-electron chi connectivity index (χ1n) is 5.89. The van der Waals surface area contributed by atoms with Gasteiger partial charge in [0.15, 0.2) is 6.61 Å². The van der Waals surface area contributed by atoms with Crippen LogP contribution in [0.1, 0.15) is 18.4 Å². The minimum absolute atomic E-state index is 0.00404. The van der Waals surface area contributed by atoms with Gasteiger partial charge in [-0.05, 0) is 46.5 Å². The topological polar surface area (TPSA) is 49.8 Å². The minimum Gasteiger partial charge on any atom is -0.483 e. The van der Waals surface area contributed by atoms with E-state index in [4.69, 9.17) is 9.84 Å². The number of rotatable bonds is 5. The molecule has 1 N–H and O–H groups in total. The molecule has 0 aliphatic heterocycles. The number of carbonyl (C=O) groups excluding carboxylic acids is 1. The summed E-state index contributed by atoms with van der Waals surface area (Å²) in [6.45, 7) is 0.0340. The van der Waals surface area contributed by atoms with Crippen molar-refractivity contribution in [3.05, 3.63) is 28.2 Å². The van der Waals surface area contributed by atoms with Gasteiger partial charge in [0.25, 0.3) is 5.91 Å². The van der Waals surface area contributed by atoms with Crippen LogP contribution in [0.25, 0.3) is 0 Å². The first-order valence-corrected chi connectivity index (χ1v) is 6.69. The Morgan fingerprint density at radius 2 is 2.28 bits per heavy atom. The molecule has 1 aromatic rings. The zero-order chi connectivity index (χ0) is 13.1. The summed E-state index contributed by atoms with van der Waals surface area (Å²) in [6.07, 6.45) is 2.19. The molecular weight excluding hydrogens is 298 g/mol. The maximum atomic E-state index is 11.8. The maximum absolute atomic E-state index is 11.8. The van der Waals surface area contributed by atoms with Gasteiger partial charge < -0.3 is 14.7 Å². The summed E-state index contributed by atoms with van der Waals surface area (Å²) in [5.74, 6) is 0.611. The van der Waals surface area contributed by atoms with Gasteiger partial charge in [-0.15, -0.1) is 0 Å². The third-order valence-electron chi connectivity index (χ3n) is 3.02. The summed E-state index contributed by atoms with van der Waals surface area (Å²) >= 11 is 3.36. The van der Waals surface area contributed by atoms with Crippen molar-refractivity contribution >= 4 is 21.8 Å². The lowest BCUT2D eigenvalue weighted by Gasteiger charge is -2.17. The van der Waals surface area contributed by atoms with Crippen LogP contribution in [0.2, 0.25) is 0 Å². The molecule has 1 aliphatic carbocycles. The molecule has 0 saturated heterocycles. The molecule has 0 unspecified atom stereocenters. The second-order valence-electron chi connectivity index (χ2n) is 4.45. The Morgan fingerprint density at radius 3 is 2.83 bits per heavy atom. The number of carbonyl (C=O) groups is 1. The first kappa shape index (κ1) is 13.4. The number of aliphatic hydroxyl groups excluding tert-OH is 1. The van der Waals surface area contributed by atoms with Crippen LogP contribution in [0.15, 0.2) is 22.7 Å². The Balaban J connectivity index is 1.91. The number of hydrogen-bond donors (Lipinski definition) is 1. The molecule has 0 radical (unpaired) electrons. The number of benzene rings is 1. The quantitative estimate of drug-likeness (QED) is 0.904. The van der Waals surface area contributed by atoms with Crippen molar-refractivity contribution in [1.29, 1.82) is 0 Å². The molecule has 1 aromatic carbocycles. The molecular formula is C13H16BrNO3. The molecule has 0 atom stereocenters. The van der Waals surface area contributed by atoms with Crippen molar-refractivity contribution in [2.75, 3.05) is 13.7 Å². The van der Waals surface area contributed by atoms with Gasteiger partial charge in [-0.3, -0.25) is 4.79 Å². The minimum atomic E-state index is -0.0117. The van der Waals surface area contributed by atoms with Gasteiger partial charge in [0.05, 0.1) is 11.1 Å². The highest BCUT2D eigenvalue weighted by atomic mass is 79.9. The van der Waals surface area contributed by atoms with Gasteiger partial charge in [-0.2, -0.15) is 0 Å². The molecule has 0 aromatic heterocycles. The van der Waals surface area contributed by atoms with E-state index in [1.807, 2.05) is 7.05 Å². The highest BCUT2D eigenvalue weighted by Gasteiger charge is 2.29. The second-order valence-corrected chi connectivity index (χ2v) is 5.30. The fourth-order valence-corrected chi connectivity index (χ4v) is 2.21. The molecule has 18 heavy (non-hydrogen) atoms. The smallest absolute Gasteiger partial charge is 0.260 e. The zero-order valence-corrected chi connectivity index (χ0v) is 11.8. The number of halogens is 1. The maximum Gasteiger partial charge on any atom is 0.260 e. The summed E-state index contributed by atoms with van der Waals surface area (Å²) in [5, 5.41) is 8.99. The van der Waals surface area contributed by atoms with E-state index in [-0.39, 0.29) is 19.1 Å². The van der Waals surface area contributed by atoms with Crippen LogP contribution in [0, 0.1) is 0 Å². The molecule has 0 heterocycles. The molecule has 5 heteroatoms. The lowest BCUT2D eigenvalue weighted by molar-refractivity contribution is -0.132. The summed E-state index contributed by atoms with van der Waals surface area (Å²) in [7, 11) is 1.81. The van der Waals surface area contributed by atoms with E-state index in [0.717, 1.165) is 22.9 Å². The van der Waals surface area contributed by atoms with Crippen molar-refractivity contribution in [2.24, 2.45) is 0 Å². The van der Waals surface area contributed by atoms with E-state index in [1.54, 1.807) is 23.1 Å². The van der Waals surface area contributed by atoms with Gasteiger partial charge in [-0.1, -0.05) is 6.07 Å². The highest BCUT2D eigenvalue weighted by Crippen LogP contribution is 2.27. The Labute approximate surface area is 115 Å². The van der Waals surface area contributed by atoms with Crippen molar-refractivity contribution in [1.82, 2.24) is 4.90 Å². The predicted molar refractivity (Wildman–Crippen MR) is 71.4 cm³/mol. The third-order valence-corrected chi connectivity index (χ3v) is 3.64. The van der Waals surface area contributed by atoms with Crippen LogP contribution < -0.4 is 4.74 Å². The summed E-state index contributed by atoms with van der Waals surface area (Å²) in [4.78, 5) is 13.5. The van der Waals surface area contributed by atoms with Crippen molar-refractivity contribution < 1.29 is 14.6 Å². The average Bonchev–Trinajstić information content (AvgIpc) is 3.20. The van der Waals surface area contributed by atoms with Crippen molar-refractivity contribution in [3.8, 4) is 5.75 Å². The molecule has 4 nitrogen and oxygen atoms in total. The number of amides is 1. The number of nitrogens with zero attached hydrogens (tertiary/aromatic N) is 1. The fraction of sp³-hybridized carbons (Fsp3) is 0.462. The van der Waals surface area contributed by atoms with Crippen LogP contribution >= 0.6 is 15.9 Å². The van der Waals surface area contributed by atoms with E-state index in [0.29, 0.717) is 11.8 Å². The van der Waals surface area contributed by atoms with Gasteiger partial charge in [0.1, 0.15) is 5.75 Å². The molecule has 0 bridgehead atoms. The second kappa shape index (κ2) is 5.71. The van der Waals surface area contributed by atoms with Crippen molar-refractivity contribution in [2.45, 2.75) is 25.5 Å². The van der Waals surface area contributed by atoms with E-state index < -0.39 is 0 Å². The van der Waals surface area contributed by atoms with Crippen LogP contribution in [0.3, 0.4) is 0 Å². The van der Waals surface area contributed by atoms with Crippen LogP contribution in [0.5, 0.6) is 5.75 Å². The molecule has 1 amide bonds. The molecule has 1 aliphatic rings. The van der Waals surface area contributed by atoms with Gasteiger partial charge in [0.2, 0.25) is 0 Å². The average molecular weight is 314 g/mol. The summed E-state index contributed by atoms with van der Waals surface area (Å²) in [6, 6.07) is 5.71. The standard InChI is InChI=1S/C13H16BrNO3/c1-15(10-3-4-10)13(17)8-18-12-5-2-9(7-16)6-11(12)14/h2,5-6,10,16H,3-4,7-8H2,1H3. The summed E-state index contributed by atoms with van der Waals surface area (Å²) in [5.41, 5.74) is 0.802. The molecule has 2 rings (SSSR count). The normalized spacial score (nSPS) is 14.4. The molecule has 98 valence electrons. The largest absolute Gasteiger partial charge is 0.483 e.